The second-order valence-corrected chi connectivity index (χ2v) is 6.64. The molecule has 1 N–H and O–H groups in total. The van der Waals surface area contributed by atoms with E-state index in [0.29, 0.717) is 6.04 Å². The van der Waals surface area contributed by atoms with Gasteiger partial charge in [0.2, 0.25) is 0 Å². The highest BCUT2D eigenvalue weighted by Gasteiger charge is 2.17. The number of aryl methyl sites for hydroxylation is 2. The molecule has 96 valence electrons. The molecule has 3 heteroatoms. The van der Waals surface area contributed by atoms with E-state index < -0.39 is 0 Å². The zero-order valence-electron chi connectivity index (χ0n) is 11.0. The second kappa shape index (κ2) is 6.17. The molecule has 1 heterocycles. The molecule has 1 aromatic carbocycles. The van der Waals surface area contributed by atoms with Crippen molar-refractivity contribution in [3.05, 3.63) is 54.8 Å². The minimum Gasteiger partial charge on any atom is -0.309 e. The van der Waals surface area contributed by atoms with Crippen LogP contribution < -0.4 is 5.32 Å². The Hall–Kier alpha value is -0.390. The molecule has 1 unspecified atom stereocenters. The topological polar surface area (TPSA) is 12.0 Å². The Bertz CT molecular complexity index is 533. The zero-order valence-corrected chi connectivity index (χ0v) is 13.9. The monoisotopic (exact) mass is 371 g/mol. The van der Waals surface area contributed by atoms with E-state index in [1.807, 2.05) is 18.4 Å². The van der Waals surface area contributed by atoms with E-state index in [1.54, 1.807) is 0 Å². The van der Waals surface area contributed by atoms with Gasteiger partial charge in [0.15, 0.2) is 0 Å². The summed E-state index contributed by atoms with van der Waals surface area (Å²) in [7, 11) is 2.04. The van der Waals surface area contributed by atoms with Crippen LogP contribution >= 0.6 is 33.9 Å². The van der Waals surface area contributed by atoms with Crippen molar-refractivity contribution in [2.24, 2.45) is 0 Å². The van der Waals surface area contributed by atoms with Crippen molar-refractivity contribution in [1.82, 2.24) is 5.32 Å². The average molecular weight is 371 g/mol. The van der Waals surface area contributed by atoms with E-state index >= 15 is 0 Å². The molecule has 0 radical (unpaired) electrons. The molecule has 2 rings (SSSR count). The van der Waals surface area contributed by atoms with Gasteiger partial charge in [-0.2, -0.15) is 0 Å². The number of hydrogen-bond acceptors (Lipinski definition) is 2. The summed E-state index contributed by atoms with van der Waals surface area (Å²) in [5, 5.41) is 3.45. The quantitative estimate of drug-likeness (QED) is 0.779. The van der Waals surface area contributed by atoms with E-state index in [4.69, 9.17) is 0 Å². The lowest BCUT2D eigenvalue weighted by Gasteiger charge is -2.18. The smallest absolute Gasteiger partial charge is 0.0679 e. The maximum atomic E-state index is 3.45. The van der Waals surface area contributed by atoms with E-state index in [9.17, 15) is 0 Å². The zero-order chi connectivity index (χ0) is 13.1. The minimum atomic E-state index is 0.307. The minimum absolute atomic E-state index is 0.307. The van der Waals surface area contributed by atoms with Crippen molar-refractivity contribution in [3.63, 3.8) is 0 Å². The van der Waals surface area contributed by atoms with E-state index in [1.165, 1.54) is 24.5 Å². The SMILES string of the molecule is CCc1ccc(C(NC)c2cccc(C)c2I)s1. The molecule has 0 saturated heterocycles. The Morgan fingerprint density at radius 3 is 2.67 bits per heavy atom. The first-order valence-electron chi connectivity index (χ1n) is 6.18. The van der Waals surface area contributed by atoms with Crippen LogP contribution in [0.2, 0.25) is 0 Å². The molecular weight excluding hydrogens is 353 g/mol. The number of hydrogen-bond donors (Lipinski definition) is 1. The van der Waals surface area contributed by atoms with Gasteiger partial charge in [0.05, 0.1) is 6.04 Å². The maximum Gasteiger partial charge on any atom is 0.0679 e. The van der Waals surface area contributed by atoms with Gasteiger partial charge in [0, 0.05) is 13.3 Å². The Balaban J connectivity index is 2.41. The number of thiophene rings is 1. The van der Waals surface area contributed by atoms with Crippen molar-refractivity contribution >= 4 is 33.9 Å². The van der Waals surface area contributed by atoms with Crippen molar-refractivity contribution in [3.8, 4) is 0 Å². The first-order valence-corrected chi connectivity index (χ1v) is 8.07. The van der Waals surface area contributed by atoms with Gasteiger partial charge >= 0.3 is 0 Å². The first-order chi connectivity index (χ1) is 8.67. The molecule has 0 saturated carbocycles. The predicted octanol–water partition coefficient (Wildman–Crippen LogP) is 4.53. The molecule has 2 aromatic rings. The first kappa shape index (κ1) is 14.0. The summed E-state index contributed by atoms with van der Waals surface area (Å²) >= 11 is 4.36. The van der Waals surface area contributed by atoms with Crippen LogP contribution in [-0.2, 0) is 6.42 Å². The fourth-order valence-corrected chi connectivity index (χ4v) is 3.84. The van der Waals surface area contributed by atoms with Crippen molar-refractivity contribution in [2.75, 3.05) is 7.05 Å². The van der Waals surface area contributed by atoms with E-state index in [0.717, 1.165) is 6.42 Å². The third-order valence-corrected chi connectivity index (χ3v) is 5.90. The van der Waals surface area contributed by atoms with Crippen LogP contribution in [0.5, 0.6) is 0 Å². The Morgan fingerprint density at radius 2 is 2.06 bits per heavy atom. The summed E-state index contributed by atoms with van der Waals surface area (Å²) in [6.45, 7) is 4.38. The number of halogens is 1. The molecule has 0 aliphatic rings. The maximum absolute atomic E-state index is 3.45. The highest BCUT2D eigenvalue weighted by molar-refractivity contribution is 14.1. The van der Waals surface area contributed by atoms with Gasteiger partial charge in [0.1, 0.15) is 0 Å². The van der Waals surface area contributed by atoms with Gasteiger partial charge in [-0.25, -0.2) is 0 Å². The van der Waals surface area contributed by atoms with Gasteiger partial charge in [-0.05, 0) is 66.2 Å². The molecule has 18 heavy (non-hydrogen) atoms. The Labute approximate surface area is 127 Å². The normalized spacial score (nSPS) is 12.7. The predicted molar refractivity (Wildman–Crippen MR) is 88.5 cm³/mol. The lowest BCUT2D eigenvalue weighted by molar-refractivity contribution is 0.700. The highest BCUT2D eigenvalue weighted by atomic mass is 127. The molecule has 1 nitrogen and oxygen atoms in total. The van der Waals surface area contributed by atoms with Crippen LogP contribution in [0.25, 0.3) is 0 Å². The molecule has 1 aromatic heterocycles. The lowest BCUT2D eigenvalue weighted by atomic mass is 10.0. The average Bonchev–Trinajstić information content (AvgIpc) is 2.84. The van der Waals surface area contributed by atoms with E-state index in [2.05, 4.69) is 72.1 Å². The van der Waals surface area contributed by atoms with E-state index in [-0.39, 0.29) is 0 Å². The summed E-state index contributed by atoms with van der Waals surface area (Å²) in [5.41, 5.74) is 2.73. The molecule has 0 spiro atoms. The van der Waals surface area contributed by atoms with Crippen LogP contribution in [0.3, 0.4) is 0 Å². The fraction of sp³-hybridized carbons (Fsp3) is 0.333. The number of benzene rings is 1. The standard InChI is InChI=1S/C15H18INS/c1-4-11-8-9-13(18-11)15(17-3)12-7-5-6-10(2)14(12)16/h5-9,15,17H,4H2,1-3H3. The lowest BCUT2D eigenvalue weighted by Crippen LogP contribution is -2.17. The molecule has 0 bridgehead atoms. The van der Waals surface area contributed by atoms with Gasteiger partial charge in [-0.1, -0.05) is 25.1 Å². The molecule has 0 aliphatic heterocycles. The summed E-state index contributed by atoms with van der Waals surface area (Å²) in [5.74, 6) is 0. The van der Waals surface area contributed by atoms with Crippen LogP contribution in [0, 0.1) is 10.5 Å². The van der Waals surface area contributed by atoms with Gasteiger partial charge < -0.3 is 5.32 Å². The molecular formula is C15H18INS. The fourth-order valence-electron chi connectivity index (χ4n) is 2.08. The number of nitrogens with one attached hydrogen (secondary N) is 1. The largest absolute Gasteiger partial charge is 0.309 e. The third-order valence-electron chi connectivity index (χ3n) is 3.14. The summed E-state index contributed by atoms with van der Waals surface area (Å²) in [6, 6.07) is 11.3. The van der Waals surface area contributed by atoms with Gasteiger partial charge in [-0.3, -0.25) is 0 Å². The van der Waals surface area contributed by atoms with Gasteiger partial charge in [-0.15, -0.1) is 11.3 Å². The Kier molecular flexibility index (Phi) is 4.81. The van der Waals surface area contributed by atoms with Crippen molar-refractivity contribution < 1.29 is 0 Å². The van der Waals surface area contributed by atoms with Crippen LogP contribution in [0.1, 0.15) is 33.8 Å². The molecule has 0 fully saturated rings. The summed E-state index contributed by atoms with van der Waals surface area (Å²) in [6.07, 6.45) is 1.12. The highest BCUT2D eigenvalue weighted by Crippen LogP contribution is 2.32. The molecule has 0 amide bonds. The third kappa shape index (κ3) is 2.78. The molecule has 1 atom stereocenters. The molecule has 0 aliphatic carbocycles. The van der Waals surface area contributed by atoms with Crippen molar-refractivity contribution in [2.45, 2.75) is 26.3 Å². The van der Waals surface area contributed by atoms with Gasteiger partial charge in [0.25, 0.3) is 0 Å². The van der Waals surface area contributed by atoms with Crippen molar-refractivity contribution in [1.29, 1.82) is 0 Å². The van der Waals surface area contributed by atoms with Crippen LogP contribution in [0.15, 0.2) is 30.3 Å². The second-order valence-electron chi connectivity index (χ2n) is 4.36. The number of rotatable bonds is 4. The Morgan fingerprint density at radius 1 is 1.28 bits per heavy atom. The summed E-state index contributed by atoms with van der Waals surface area (Å²) < 4.78 is 1.36. The summed E-state index contributed by atoms with van der Waals surface area (Å²) in [4.78, 5) is 2.85. The van der Waals surface area contributed by atoms with Crippen LogP contribution in [0.4, 0.5) is 0 Å². The van der Waals surface area contributed by atoms with Crippen LogP contribution in [-0.4, -0.2) is 7.05 Å².